The summed E-state index contributed by atoms with van der Waals surface area (Å²) in [5, 5.41) is 0. The molecule has 0 spiro atoms. The van der Waals surface area contributed by atoms with Gasteiger partial charge in [-0.25, -0.2) is 13.2 Å². The second-order valence-corrected chi connectivity index (χ2v) is 3.89. The quantitative estimate of drug-likeness (QED) is 0.909. The zero-order chi connectivity index (χ0) is 13.1. The molecule has 1 heterocycles. The maximum Gasteiger partial charge on any atom is 0.249 e. The Kier molecular flexibility index (Phi) is 3.72. The molecule has 5 heteroatoms. The second-order valence-electron chi connectivity index (χ2n) is 3.89. The van der Waals surface area contributed by atoms with Crippen LogP contribution in [0.3, 0.4) is 0 Å². The summed E-state index contributed by atoms with van der Waals surface area (Å²) in [6.07, 6.45) is -2.57. The largest absolute Gasteiger partial charge is 0.461 e. The lowest BCUT2D eigenvalue weighted by Gasteiger charge is -2.09. The third-order valence-corrected chi connectivity index (χ3v) is 2.68. The molecule has 1 unspecified atom stereocenters. The van der Waals surface area contributed by atoms with Crippen LogP contribution in [0.5, 0.6) is 0 Å². The lowest BCUT2D eigenvalue weighted by molar-refractivity contribution is 0.108. The molecule has 96 valence electrons. The Labute approximate surface area is 102 Å². The van der Waals surface area contributed by atoms with E-state index >= 15 is 0 Å². The standard InChI is InChI=1S/C13H12F3NO/c14-9-3-1-8(2-4-9)11-5-6-12(18-11)10(7-17)13(15)16/h1-6,10,13H,7,17H2. The number of halogens is 3. The van der Waals surface area contributed by atoms with E-state index in [0.29, 0.717) is 11.3 Å². The SMILES string of the molecule is NCC(c1ccc(-c2ccc(F)cc2)o1)C(F)F. The molecule has 1 aromatic carbocycles. The molecule has 2 N–H and O–H groups in total. The van der Waals surface area contributed by atoms with Crippen molar-refractivity contribution in [3.63, 3.8) is 0 Å². The van der Waals surface area contributed by atoms with E-state index in [4.69, 9.17) is 10.2 Å². The van der Waals surface area contributed by atoms with Crippen LogP contribution in [-0.4, -0.2) is 13.0 Å². The van der Waals surface area contributed by atoms with Crippen molar-refractivity contribution in [3.8, 4) is 11.3 Å². The molecule has 0 saturated carbocycles. The van der Waals surface area contributed by atoms with E-state index in [0.717, 1.165) is 0 Å². The normalized spacial score (nSPS) is 12.9. The van der Waals surface area contributed by atoms with Crippen molar-refractivity contribution in [1.82, 2.24) is 0 Å². The summed E-state index contributed by atoms with van der Waals surface area (Å²) in [5.41, 5.74) is 5.92. The summed E-state index contributed by atoms with van der Waals surface area (Å²) in [6, 6.07) is 8.67. The van der Waals surface area contributed by atoms with Crippen molar-refractivity contribution in [1.29, 1.82) is 0 Å². The van der Waals surface area contributed by atoms with E-state index in [1.54, 1.807) is 6.07 Å². The first-order valence-electron chi connectivity index (χ1n) is 5.45. The molecule has 0 bridgehead atoms. The average molecular weight is 255 g/mol. The Bertz CT molecular complexity index is 507. The van der Waals surface area contributed by atoms with Gasteiger partial charge in [-0.05, 0) is 36.4 Å². The minimum absolute atomic E-state index is 0.145. The second kappa shape index (κ2) is 5.27. The van der Waals surface area contributed by atoms with Gasteiger partial charge in [0.2, 0.25) is 6.43 Å². The molecule has 0 aliphatic heterocycles. The Morgan fingerprint density at radius 2 is 1.72 bits per heavy atom. The molecule has 0 aliphatic carbocycles. The Balaban J connectivity index is 2.27. The molecule has 0 saturated heterocycles. The number of alkyl halides is 2. The van der Waals surface area contributed by atoms with Crippen LogP contribution in [0.4, 0.5) is 13.2 Å². The molecule has 0 aliphatic rings. The molecule has 0 radical (unpaired) electrons. The monoisotopic (exact) mass is 255 g/mol. The van der Waals surface area contributed by atoms with Crippen LogP contribution in [0.25, 0.3) is 11.3 Å². The molecular formula is C13H12F3NO. The predicted octanol–water partition coefficient (Wildman–Crippen LogP) is 3.39. The van der Waals surface area contributed by atoms with Gasteiger partial charge in [0.25, 0.3) is 0 Å². The van der Waals surface area contributed by atoms with Crippen LogP contribution >= 0.6 is 0 Å². The smallest absolute Gasteiger partial charge is 0.249 e. The van der Waals surface area contributed by atoms with Crippen LogP contribution < -0.4 is 5.73 Å². The minimum Gasteiger partial charge on any atom is -0.461 e. The first-order valence-corrected chi connectivity index (χ1v) is 5.45. The van der Waals surface area contributed by atoms with Gasteiger partial charge in [0.05, 0.1) is 5.92 Å². The van der Waals surface area contributed by atoms with E-state index < -0.39 is 12.3 Å². The van der Waals surface area contributed by atoms with E-state index in [9.17, 15) is 13.2 Å². The zero-order valence-corrected chi connectivity index (χ0v) is 9.45. The average Bonchev–Trinajstić information content (AvgIpc) is 2.80. The van der Waals surface area contributed by atoms with Gasteiger partial charge in [0.15, 0.2) is 0 Å². The molecule has 2 nitrogen and oxygen atoms in total. The lowest BCUT2D eigenvalue weighted by atomic mass is 10.1. The van der Waals surface area contributed by atoms with Crippen LogP contribution in [-0.2, 0) is 0 Å². The summed E-state index contributed by atoms with van der Waals surface area (Å²) < 4.78 is 43.4. The minimum atomic E-state index is -2.57. The first kappa shape index (κ1) is 12.7. The summed E-state index contributed by atoms with van der Waals surface area (Å²) in [5.74, 6) is -0.909. The third kappa shape index (κ3) is 2.56. The van der Waals surface area contributed by atoms with Gasteiger partial charge < -0.3 is 10.2 Å². The Morgan fingerprint density at radius 1 is 1.06 bits per heavy atom. The lowest BCUT2D eigenvalue weighted by Crippen LogP contribution is -2.18. The maximum atomic E-state index is 12.7. The van der Waals surface area contributed by atoms with Gasteiger partial charge in [-0.3, -0.25) is 0 Å². The van der Waals surface area contributed by atoms with E-state index in [1.165, 1.54) is 30.3 Å². The Morgan fingerprint density at radius 3 is 2.28 bits per heavy atom. The molecule has 2 rings (SSSR count). The van der Waals surface area contributed by atoms with Crippen LogP contribution in [0, 0.1) is 5.82 Å². The molecule has 0 fully saturated rings. The maximum absolute atomic E-state index is 12.7. The van der Waals surface area contributed by atoms with Gasteiger partial charge in [0.1, 0.15) is 17.3 Å². The van der Waals surface area contributed by atoms with Crippen molar-refractivity contribution < 1.29 is 17.6 Å². The molecular weight excluding hydrogens is 243 g/mol. The highest BCUT2D eigenvalue weighted by Crippen LogP contribution is 2.29. The van der Waals surface area contributed by atoms with E-state index in [-0.39, 0.29) is 18.1 Å². The molecule has 2 aromatic rings. The zero-order valence-electron chi connectivity index (χ0n) is 9.45. The fourth-order valence-electron chi connectivity index (χ4n) is 1.66. The highest BCUT2D eigenvalue weighted by Gasteiger charge is 2.24. The predicted molar refractivity (Wildman–Crippen MR) is 61.9 cm³/mol. The number of hydrogen-bond donors (Lipinski definition) is 1. The van der Waals surface area contributed by atoms with Crippen molar-refractivity contribution in [2.45, 2.75) is 12.3 Å². The summed E-state index contributed by atoms with van der Waals surface area (Å²) in [4.78, 5) is 0. The number of furan rings is 1. The molecule has 0 amide bonds. The Hall–Kier alpha value is -1.75. The van der Waals surface area contributed by atoms with Crippen molar-refractivity contribution in [3.05, 3.63) is 48.0 Å². The number of benzene rings is 1. The van der Waals surface area contributed by atoms with Gasteiger partial charge in [-0.2, -0.15) is 0 Å². The molecule has 18 heavy (non-hydrogen) atoms. The van der Waals surface area contributed by atoms with Crippen LogP contribution in [0.15, 0.2) is 40.8 Å². The fraction of sp³-hybridized carbons (Fsp3) is 0.231. The van der Waals surface area contributed by atoms with Crippen LogP contribution in [0.1, 0.15) is 11.7 Å². The number of rotatable bonds is 4. The van der Waals surface area contributed by atoms with Gasteiger partial charge in [-0.15, -0.1) is 0 Å². The van der Waals surface area contributed by atoms with Crippen molar-refractivity contribution >= 4 is 0 Å². The topological polar surface area (TPSA) is 39.2 Å². The van der Waals surface area contributed by atoms with E-state index in [2.05, 4.69) is 0 Å². The highest BCUT2D eigenvalue weighted by atomic mass is 19.3. The van der Waals surface area contributed by atoms with Gasteiger partial charge >= 0.3 is 0 Å². The van der Waals surface area contributed by atoms with Gasteiger partial charge in [-0.1, -0.05) is 0 Å². The number of nitrogens with two attached hydrogens (primary N) is 1. The fourth-order valence-corrected chi connectivity index (χ4v) is 1.66. The highest BCUT2D eigenvalue weighted by molar-refractivity contribution is 5.57. The summed E-state index contributed by atoms with van der Waals surface area (Å²) in [7, 11) is 0. The van der Waals surface area contributed by atoms with Gasteiger partial charge in [0, 0.05) is 12.1 Å². The molecule has 1 atom stereocenters. The van der Waals surface area contributed by atoms with Crippen molar-refractivity contribution in [2.24, 2.45) is 5.73 Å². The number of hydrogen-bond acceptors (Lipinski definition) is 2. The summed E-state index contributed by atoms with van der Waals surface area (Å²) >= 11 is 0. The molecule has 1 aromatic heterocycles. The van der Waals surface area contributed by atoms with E-state index in [1.807, 2.05) is 0 Å². The van der Waals surface area contributed by atoms with Crippen molar-refractivity contribution in [2.75, 3.05) is 6.54 Å². The third-order valence-electron chi connectivity index (χ3n) is 2.68. The summed E-state index contributed by atoms with van der Waals surface area (Å²) in [6.45, 7) is -0.186. The first-order chi connectivity index (χ1) is 8.61. The van der Waals surface area contributed by atoms with Crippen LogP contribution in [0.2, 0.25) is 0 Å².